The fourth-order valence-corrected chi connectivity index (χ4v) is 3.25. The van der Waals surface area contributed by atoms with E-state index in [9.17, 15) is 4.79 Å². The molecule has 2 heteroatoms. The highest BCUT2D eigenvalue weighted by Gasteiger charge is 2.08. The maximum Gasteiger partial charge on any atom is 0.163 e. The highest BCUT2D eigenvalue weighted by Crippen LogP contribution is 2.18. The van der Waals surface area contributed by atoms with Crippen molar-refractivity contribution in [2.24, 2.45) is 0 Å². The molecular weight excluding hydrogens is 304 g/mol. The van der Waals surface area contributed by atoms with Gasteiger partial charge in [-0.1, -0.05) is 82.7 Å². The quantitative estimate of drug-likeness (QED) is 0.268. The molecule has 0 aliphatic carbocycles. The van der Waals surface area contributed by atoms with Gasteiger partial charge in [0.25, 0.3) is 0 Å². The van der Waals surface area contributed by atoms with Crippen molar-refractivity contribution in [3.05, 3.63) is 34.3 Å². The van der Waals surface area contributed by atoms with E-state index in [0.717, 1.165) is 17.5 Å². The first kappa shape index (κ1) is 20.2. The summed E-state index contributed by atoms with van der Waals surface area (Å²) in [6.07, 6.45) is 15.1. The summed E-state index contributed by atoms with van der Waals surface area (Å²) in [5.41, 5.74) is 1.83. The summed E-state index contributed by atoms with van der Waals surface area (Å²) >= 11 is 5.93. The van der Waals surface area contributed by atoms with E-state index in [-0.39, 0.29) is 5.78 Å². The molecule has 23 heavy (non-hydrogen) atoms. The summed E-state index contributed by atoms with van der Waals surface area (Å²) < 4.78 is 0. The third-order valence-electron chi connectivity index (χ3n) is 4.50. The lowest BCUT2D eigenvalue weighted by Gasteiger charge is -2.06. The second kappa shape index (κ2) is 12.6. The third kappa shape index (κ3) is 9.15. The molecule has 0 N–H and O–H groups in total. The lowest BCUT2D eigenvalue weighted by Crippen LogP contribution is -2.01. The second-order valence-electron chi connectivity index (χ2n) is 6.67. The number of halogens is 1. The van der Waals surface area contributed by atoms with Crippen molar-refractivity contribution in [1.29, 1.82) is 0 Å². The molecule has 0 amide bonds. The SMILES string of the molecule is CCCCCCCCCCCCCC(=O)c1ccc(Cl)cc1C. The fourth-order valence-electron chi connectivity index (χ4n) is 3.02. The highest BCUT2D eigenvalue weighted by molar-refractivity contribution is 6.30. The van der Waals surface area contributed by atoms with Crippen molar-refractivity contribution >= 4 is 17.4 Å². The minimum atomic E-state index is 0.259. The van der Waals surface area contributed by atoms with Gasteiger partial charge in [-0.15, -0.1) is 0 Å². The molecule has 1 aromatic carbocycles. The summed E-state index contributed by atoms with van der Waals surface area (Å²) in [5, 5.41) is 0.703. The summed E-state index contributed by atoms with van der Waals surface area (Å²) in [4.78, 5) is 12.2. The number of Topliss-reactive ketones (excluding diaryl/α,β-unsaturated/α-hetero) is 1. The van der Waals surface area contributed by atoms with Gasteiger partial charge in [0.2, 0.25) is 0 Å². The Morgan fingerprint density at radius 2 is 1.39 bits per heavy atom. The van der Waals surface area contributed by atoms with Crippen LogP contribution in [0.2, 0.25) is 5.02 Å². The topological polar surface area (TPSA) is 17.1 Å². The van der Waals surface area contributed by atoms with Gasteiger partial charge in [-0.25, -0.2) is 0 Å². The van der Waals surface area contributed by atoms with E-state index in [4.69, 9.17) is 11.6 Å². The lowest BCUT2D eigenvalue weighted by molar-refractivity contribution is 0.0978. The minimum Gasteiger partial charge on any atom is -0.294 e. The molecule has 0 aliphatic heterocycles. The van der Waals surface area contributed by atoms with Crippen LogP contribution in [0.3, 0.4) is 0 Å². The van der Waals surface area contributed by atoms with E-state index in [2.05, 4.69) is 6.92 Å². The Morgan fingerprint density at radius 3 is 1.91 bits per heavy atom. The maximum absolute atomic E-state index is 12.2. The van der Waals surface area contributed by atoms with Crippen LogP contribution < -0.4 is 0 Å². The van der Waals surface area contributed by atoms with Crippen LogP contribution in [-0.2, 0) is 0 Å². The molecule has 0 heterocycles. The number of unbranched alkanes of at least 4 members (excludes halogenated alkanes) is 10. The number of benzene rings is 1. The molecule has 130 valence electrons. The predicted octanol–water partition coefficient (Wildman–Crippen LogP) is 7.53. The molecule has 1 nitrogen and oxygen atoms in total. The van der Waals surface area contributed by atoms with E-state index in [1.165, 1.54) is 64.2 Å². The summed E-state index contributed by atoms with van der Waals surface area (Å²) in [5.74, 6) is 0.259. The van der Waals surface area contributed by atoms with Crippen LogP contribution in [0.1, 0.15) is 99.9 Å². The second-order valence-corrected chi connectivity index (χ2v) is 7.10. The molecular formula is C21H33ClO. The zero-order valence-corrected chi connectivity index (χ0v) is 15.8. The summed E-state index contributed by atoms with van der Waals surface area (Å²) in [6, 6.07) is 5.54. The highest BCUT2D eigenvalue weighted by atomic mass is 35.5. The van der Waals surface area contributed by atoms with Crippen molar-refractivity contribution in [2.45, 2.75) is 90.9 Å². The Labute approximate surface area is 147 Å². The molecule has 1 aromatic rings. The average molecular weight is 337 g/mol. The minimum absolute atomic E-state index is 0.259. The Balaban J connectivity index is 2.01. The Morgan fingerprint density at radius 1 is 0.870 bits per heavy atom. The normalized spacial score (nSPS) is 10.9. The number of carbonyl (C=O) groups excluding carboxylic acids is 1. The zero-order chi connectivity index (χ0) is 16.9. The van der Waals surface area contributed by atoms with Gasteiger partial charge in [0.1, 0.15) is 0 Å². The van der Waals surface area contributed by atoms with E-state index in [0.29, 0.717) is 11.4 Å². The molecule has 0 saturated carbocycles. The third-order valence-corrected chi connectivity index (χ3v) is 4.73. The van der Waals surface area contributed by atoms with Crippen molar-refractivity contribution in [3.8, 4) is 0 Å². The first-order valence-electron chi connectivity index (χ1n) is 9.44. The average Bonchev–Trinajstić information content (AvgIpc) is 2.52. The first-order valence-corrected chi connectivity index (χ1v) is 9.82. The van der Waals surface area contributed by atoms with Crippen molar-refractivity contribution < 1.29 is 4.79 Å². The van der Waals surface area contributed by atoms with E-state index >= 15 is 0 Å². The van der Waals surface area contributed by atoms with Crippen molar-refractivity contribution in [2.75, 3.05) is 0 Å². The molecule has 0 aliphatic rings. The zero-order valence-electron chi connectivity index (χ0n) is 15.0. The number of hydrogen-bond acceptors (Lipinski definition) is 1. The largest absolute Gasteiger partial charge is 0.294 e. The van der Waals surface area contributed by atoms with Crippen LogP contribution in [0.5, 0.6) is 0 Å². The smallest absolute Gasteiger partial charge is 0.163 e. The molecule has 0 fully saturated rings. The van der Waals surface area contributed by atoms with Crippen LogP contribution >= 0.6 is 11.6 Å². The van der Waals surface area contributed by atoms with Gasteiger partial charge in [0.05, 0.1) is 0 Å². The standard InChI is InChI=1S/C21H33ClO/c1-3-4-5-6-7-8-9-10-11-12-13-14-21(23)20-16-15-19(22)17-18(20)2/h15-17H,3-14H2,1-2H3. The number of rotatable bonds is 13. The van der Waals surface area contributed by atoms with Crippen LogP contribution in [0, 0.1) is 6.92 Å². The summed E-state index contributed by atoms with van der Waals surface area (Å²) in [7, 11) is 0. The van der Waals surface area contributed by atoms with E-state index in [1.54, 1.807) is 0 Å². The maximum atomic E-state index is 12.2. The Hall–Kier alpha value is -0.820. The molecule has 0 radical (unpaired) electrons. The van der Waals surface area contributed by atoms with Crippen LogP contribution in [0.4, 0.5) is 0 Å². The monoisotopic (exact) mass is 336 g/mol. The molecule has 1 rings (SSSR count). The molecule has 0 unspecified atom stereocenters. The lowest BCUT2D eigenvalue weighted by atomic mass is 9.99. The molecule has 0 saturated heterocycles. The van der Waals surface area contributed by atoms with Gasteiger partial charge >= 0.3 is 0 Å². The van der Waals surface area contributed by atoms with E-state index < -0.39 is 0 Å². The number of aryl methyl sites for hydroxylation is 1. The first-order chi connectivity index (χ1) is 11.1. The fraction of sp³-hybridized carbons (Fsp3) is 0.667. The predicted molar refractivity (Wildman–Crippen MR) is 102 cm³/mol. The Bertz CT molecular complexity index is 453. The Kier molecular flexibility index (Phi) is 11.1. The summed E-state index contributed by atoms with van der Waals surface area (Å²) in [6.45, 7) is 4.22. The van der Waals surface area contributed by atoms with Crippen LogP contribution in [0.15, 0.2) is 18.2 Å². The van der Waals surface area contributed by atoms with Crippen LogP contribution in [-0.4, -0.2) is 5.78 Å². The van der Waals surface area contributed by atoms with Crippen molar-refractivity contribution in [3.63, 3.8) is 0 Å². The van der Waals surface area contributed by atoms with Crippen LogP contribution in [0.25, 0.3) is 0 Å². The van der Waals surface area contributed by atoms with Gasteiger partial charge in [0, 0.05) is 17.0 Å². The van der Waals surface area contributed by atoms with Gasteiger partial charge in [-0.05, 0) is 37.1 Å². The van der Waals surface area contributed by atoms with E-state index in [1.807, 2.05) is 25.1 Å². The van der Waals surface area contributed by atoms with Gasteiger partial charge in [-0.2, -0.15) is 0 Å². The van der Waals surface area contributed by atoms with Gasteiger partial charge < -0.3 is 0 Å². The van der Waals surface area contributed by atoms with Crippen molar-refractivity contribution in [1.82, 2.24) is 0 Å². The number of hydrogen-bond donors (Lipinski definition) is 0. The molecule has 0 bridgehead atoms. The molecule has 0 atom stereocenters. The number of carbonyl (C=O) groups is 1. The number of ketones is 1. The molecule has 0 aromatic heterocycles. The van der Waals surface area contributed by atoms with Gasteiger partial charge in [0.15, 0.2) is 5.78 Å². The van der Waals surface area contributed by atoms with Gasteiger partial charge in [-0.3, -0.25) is 4.79 Å². The molecule has 0 spiro atoms.